The molecule has 0 radical (unpaired) electrons. The van der Waals surface area contributed by atoms with E-state index in [1.54, 1.807) is 36.4 Å². The predicted octanol–water partition coefficient (Wildman–Crippen LogP) is 2.70. The van der Waals surface area contributed by atoms with Crippen molar-refractivity contribution in [2.75, 3.05) is 5.32 Å². The third-order valence-corrected chi connectivity index (χ3v) is 4.23. The predicted molar refractivity (Wildman–Crippen MR) is 87.1 cm³/mol. The summed E-state index contributed by atoms with van der Waals surface area (Å²) < 4.78 is 0.897. The van der Waals surface area contributed by atoms with Gasteiger partial charge in [0.1, 0.15) is 0 Å². The lowest BCUT2D eigenvalue weighted by atomic mass is 9.88. The van der Waals surface area contributed by atoms with Gasteiger partial charge in [-0.1, -0.05) is 30.3 Å². The molecule has 1 aliphatic rings. The molecule has 1 unspecified atom stereocenters. The summed E-state index contributed by atoms with van der Waals surface area (Å²) in [5.41, 5.74) is -0.297. The topological polar surface area (TPSA) is 66.4 Å². The lowest BCUT2D eigenvalue weighted by Gasteiger charge is -2.20. The van der Waals surface area contributed by atoms with E-state index in [1.165, 1.54) is 0 Å². The molecule has 0 bridgehead atoms. The van der Waals surface area contributed by atoms with Crippen molar-refractivity contribution < 1.29 is 14.7 Å². The summed E-state index contributed by atoms with van der Waals surface area (Å²) in [7, 11) is 0. The number of aliphatic hydroxyl groups is 1. The van der Waals surface area contributed by atoms with Gasteiger partial charge in [-0.3, -0.25) is 9.59 Å². The summed E-state index contributed by atoms with van der Waals surface area (Å²) in [5, 5.41) is 13.4. The van der Waals surface area contributed by atoms with E-state index < -0.39 is 11.5 Å². The number of Topliss-reactive ketones (excluding diaryl/α,β-unsaturated/α-hetero) is 1. The number of carbonyl (C=O) groups excluding carboxylic acids is 2. The lowest BCUT2D eigenvalue weighted by molar-refractivity contribution is -0.133. The first-order valence-corrected chi connectivity index (χ1v) is 7.51. The third kappa shape index (κ3) is 2.47. The van der Waals surface area contributed by atoms with E-state index in [0.717, 1.165) is 3.57 Å². The Morgan fingerprint density at radius 1 is 1.19 bits per heavy atom. The maximum Gasteiger partial charge on any atom is 0.261 e. The lowest BCUT2D eigenvalue weighted by Crippen LogP contribution is -2.36. The normalized spacial score (nSPS) is 20.0. The second-order valence-electron chi connectivity index (χ2n) is 4.97. The molecule has 1 aliphatic heterocycles. The quantitative estimate of drug-likeness (QED) is 0.623. The van der Waals surface area contributed by atoms with Crippen molar-refractivity contribution in [1.29, 1.82) is 0 Å². The standard InChI is InChI=1S/C16H12INO3/c17-11-6-7-13-12(8-11)16(21,15(20)18-13)9-14(19)10-4-2-1-3-5-10/h1-8,21H,9H2,(H,18,20). The number of fused-ring (bicyclic) bond motifs is 1. The zero-order valence-corrected chi connectivity index (χ0v) is 13.1. The maximum absolute atomic E-state index is 12.3. The molecule has 106 valence electrons. The van der Waals surface area contributed by atoms with E-state index in [0.29, 0.717) is 16.8 Å². The van der Waals surface area contributed by atoms with Gasteiger partial charge in [-0.05, 0) is 40.8 Å². The number of hydrogen-bond acceptors (Lipinski definition) is 3. The van der Waals surface area contributed by atoms with Crippen LogP contribution in [0.1, 0.15) is 22.3 Å². The van der Waals surface area contributed by atoms with Gasteiger partial charge in [0.2, 0.25) is 0 Å². The van der Waals surface area contributed by atoms with Crippen molar-refractivity contribution in [2.45, 2.75) is 12.0 Å². The van der Waals surface area contributed by atoms with Gasteiger partial charge in [0, 0.05) is 20.4 Å². The SMILES string of the molecule is O=C(CC1(O)C(=O)Nc2ccc(I)cc21)c1ccccc1. The molecule has 0 fully saturated rings. The van der Waals surface area contributed by atoms with Gasteiger partial charge in [-0.25, -0.2) is 0 Å². The molecule has 1 heterocycles. The van der Waals surface area contributed by atoms with Crippen LogP contribution in [0.4, 0.5) is 5.69 Å². The van der Waals surface area contributed by atoms with Crippen LogP contribution in [0, 0.1) is 3.57 Å². The van der Waals surface area contributed by atoms with Crippen LogP contribution < -0.4 is 5.32 Å². The number of halogens is 1. The van der Waals surface area contributed by atoms with Gasteiger partial charge in [0.25, 0.3) is 5.91 Å². The summed E-state index contributed by atoms with van der Waals surface area (Å²) in [5.74, 6) is -0.816. The van der Waals surface area contributed by atoms with Crippen molar-refractivity contribution >= 4 is 40.0 Å². The van der Waals surface area contributed by atoms with Crippen LogP contribution in [-0.4, -0.2) is 16.8 Å². The Bertz CT molecular complexity index is 730. The van der Waals surface area contributed by atoms with Gasteiger partial charge in [-0.15, -0.1) is 0 Å². The largest absolute Gasteiger partial charge is 0.375 e. The molecule has 0 spiro atoms. The molecular weight excluding hydrogens is 381 g/mol. The van der Waals surface area contributed by atoms with E-state index >= 15 is 0 Å². The molecule has 4 nitrogen and oxygen atoms in total. The van der Waals surface area contributed by atoms with Gasteiger partial charge >= 0.3 is 0 Å². The summed E-state index contributed by atoms with van der Waals surface area (Å²) in [6.07, 6.45) is -0.268. The maximum atomic E-state index is 12.3. The smallest absolute Gasteiger partial charge is 0.261 e. The molecule has 1 amide bonds. The monoisotopic (exact) mass is 393 g/mol. The van der Waals surface area contributed by atoms with E-state index in [2.05, 4.69) is 27.9 Å². The fourth-order valence-corrected chi connectivity index (χ4v) is 2.94. The van der Waals surface area contributed by atoms with Crippen LogP contribution in [0.2, 0.25) is 0 Å². The number of hydrogen-bond donors (Lipinski definition) is 2. The van der Waals surface area contributed by atoms with E-state index in [4.69, 9.17) is 0 Å². The van der Waals surface area contributed by atoms with Crippen molar-refractivity contribution in [1.82, 2.24) is 0 Å². The van der Waals surface area contributed by atoms with Gasteiger partial charge < -0.3 is 10.4 Å². The summed E-state index contributed by atoms with van der Waals surface area (Å²) >= 11 is 2.11. The number of rotatable bonds is 3. The summed E-state index contributed by atoms with van der Waals surface area (Å²) in [4.78, 5) is 24.4. The van der Waals surface area contributed by atoms with Crippen LogP contribution in [-0.2, 0) is 10.4 Å². The number of ketones is 1. The van der Waals surface area contributed by atoms with E-state index in [9.17, 15) is 14.7 Å². The third-order valence-electron chi connectivity index (χ3n) is 3.56. The van der Waals surface area contributed by atoms with Crippen LogP contribution in [0.3, 0.4) is 0 Å². The zero-order valence-electron chi connectivity index (χ0n) is 11.0. The molecule has 2 aromatic rings. The van der Waals surface area contributed by atoms with Crippen molar-refractivity contribution in [3.63, 3.8) is 0 Å². The first-order valence-electron chi connectivity index (χ1n) is 6.43. The Balaban J connectivity index is 1.97. The van der Waals surface area contributed by atoms with Crippen molar-refractivity contribution in [2.24, 2.45) is 0 Å². The minimum absolute atomic E-state index is 0.264. The second kappa shape index (κ2) is 5.23. The number of carbonyl (C=O) groups is 2. The Labute approximate surface area is 135 Å². The van der Waals surface area contributed by atoms with Crippen LogP contribution in [0.5, 0.6) is 0 Å². The minimum atomic E-state index is -1.80. The Morgan fingerprint density at radius 2 is 1.90 bits per heavy atom. The average Bonchev–Trinajstić information content (AvgIpc) is 2.72. The fourth-order valence-electron chi connectivity index (χ4n) is 2.45. The van der Waals surface area contributed by atoms with E-state index in [1.807, 2.05) is 12.1 Å². The molecule has 2 N–H and O–H groups in total. The first-order chi connectivity index (χ1) is 10.0. The van der Waals surface area contributed by atoms with Gasteiger partial charge in [0.15, 0.2) is 11.4 Å². The minimum Gasteiger partial charge on any atom is -0.375 e. The molecule has 0 aromatic heterocycles. The number of amides is 1. The molecular formula is C16H12INO3. The molecule has 21 heavy (non-hydrogen) atoms. The number of anilines is 1. The highest BCUT2D eigenvalue weighted by molar-refractivity contribution is 14.1. The number of benzene rings is 2. The molecule has 1 atom stereocenters. The van der Waals surface area contributed by atoms with Crippen LogP contribution in [0.15, 0.2) is 48.5 Å². The molecule has 0 aliphatic carbocycles. The summed E-state index contributed by atoms with van der Waals surface area (Å²) in [6, 6.07) is 14.0. The molecule has 5 heteroatoms. The van der Waals surface area contributed by atoms with Crippen molar-refractivity contribution in [3.05, 3.63) is 63.2 Å². The van der Waals surface area contributed by atoms with Crippen LogP contribution >= 0.6 is 22.6 Å². The Hall–Kier alpha value is -1.73. The molecule has 0 saturated heterocycles. The fraction of sp³-hybridized carbons (Fsp3) is 0.125. The first kappa shape index (κ1) is 14.2. The molecule has 3 rings (SSSR count). The molecule has 2 aromatic carbocycles. The van der Waals surface area contributed by atoms with Crippen molar-refractivity contribution in [3.8, 4) is 0 Å². The highest BCUT2D eigenvalue weighted by Gasteiger charge is 2.46. The van der Waals surface area contributed by atoms with E-state index in [-0.39, 0.29) is 12.2 Å². The zero-order chi connectivity index (χ0) is 15.0. The Morgan fingerprint density at radius 3 is 2.62 bits per heavy atom. The molecule has 0 saturated carbocycles. The van der Waals surface area contributed by atoms with Gasteiger partial charge in [0.05, 0.1) is 6.42 Å². The Kier molecular flexibility index (Phi) is 3.54. The number of nitrogens with one attached hydrogen (secondary N) is 1. The second-order valence-corrected chi connectivity index (χ2v) is 6.22. The highest BCUT2D eigenvalue weighted by Crippen LogP contribution is 2.39. The van der Waals surface area contributed by atoms with Gasteiger partial charge in [-0.2, -0.15) is 0 Å². The highest BCUT2D eigenvalue weighted by atomic mass is 127. The summed E-state index contributed by atoms with van der Waals surface area (Å²) in [6.45, 7) is 0. The average molecular weight is 393 g/mol. The van der Waals surface area contributed by atoms with Crippen LogP contribution in [0.25, 0.3) is 0 Å².